The second-order valence-electron chi connectivity index (χ2n) is 6.50. The molecular formula is C18H31Cl2N3O2. The van der Waals surface area contributed by atoms with E-state index in [1.807, 2.05) is 12.1 Å². The molecule has 1 fully saturated rings. The van der Waals surface area contributed by atoms with Crippen LogP contribution in [-0.4, -0.2) is 43.7 Å². The lowest BCUT2D eigenvalue weighted by Gasteiger charge is -2.30. The Labute approximate surface area is 163 Å². The summed E-state index contributed by atoms with van der Waals surface area (Å²) < 4.78 is 5.13. The van der Waals surface area contributed by atoms with Crippen molar-refractivity contribution in [1.29, 1.82) is 0 Å². The Morgan fingerprint density at radius 2 is 1.88 bits per heavy atom. The fourth-order valence-corrected chi connectivity index (χ4v) is 2.85. The summed E-state index contributed by atoms with van der Waals surface area (Å²) in [5, 5.41) is 2.89. The minimum atomic E-state index is -0.226. The first-order valence-corrected chi connectivity index (χ1v) is 8.44. The standard InChI is InChI=1S/C18H29N3O2.2ClH/c1-14-7-9-21(10-8-14)13-15-3-5-16(6-4-15)20-18(22)11-17(12-19)23-2;;/h3-6,14,17H,7-13,19H2,1-2H3,(H,20,22);2*1H. The quantitative estimate of drug-likeness (QED) is 0.749. The molecule has 7 heteroatoms. The van der Waals surface area contributed by atoms with Crippen LogP contribution in [0.15, 0.2) is 24.3 Å². The molecule has 1 aliphatic rings. The van der Waals surface area contributed by atoms with Crippen LogP contribution in [0.1, 0.15) is 31.7 Å². The zero-order chi connectivity index (χ0) is 16.7. The number of anilines is 1. The van der Waals surface area contributed by atoms with E-state index in [9.17, 15) is 4.79 Å². The van der Waals surface area contributed by atoms with Gasteiger partial charge in [0, 0.05) is 25.9 Å². The van der Waals surface area contributed by atoms with E-state index < -0.39 is 0 Å². The topological polar surface area (TPSA) is 67.6 Å². The highest BCUT2D eigenvalue weighted by molar-refractivity contribution is 5.91. The summed E-state index contributed by atoms with van der Waals surface area (Å²) in [5.41, 5.74) is 7.64. The van der Waals surface area contributed by atoms with Gasteiger partial charge in [-0.15, -0.1) is 24.8 Å². The van der Waals surface area contributed by atoms with Crippen LogP contribution in [0.25, 0.3) is 0 Å². The third kappa shape index (κ3) is 8.38. The normalized spacial score (nSPS) is 16.4. The molecule has 1 aromatic carbocycles. The van der Waals surface area contributed by atoms with E-state index in [0.717, 1.165) is 18.2 Å². The van der Waals surface area contributed by atoms with Crippen LogP contribution in [0.2, 0.25) is 0 Å². The third-order valence-corrected chi connectivity index (χ3v) is 4.53. The van der Waals surface area contributed by atoms with Crippen molar-refractivity contribution >= 4 is 36.4 Å². The molecule has 5 nitrogen and oxygen atoms in total. The second kappa shape index (κ2) is 12.5. The summed E-state index contributed by atoms with van der Waals surface area (Å²) in [5.74, 6) is 0.786. The molecule has 0 aliphatic carbocycles. The maximum atomic E-state index is 11.9. The Bertz CT molecular complexity index is 488. The van der Waals surface area contributed by atoms with E-state index in [1.165, 1.54) is 31.5 Å². The number of piperidine rings is 1. The fraction of sp³-hybridized carbons (Fsp3) is 0.611. The molecule has 3 N–H and O–H groups in total. The monoisotopic (exact) mass is 391 g/mol. The van der Waals surface area contributed by atoms with E-state index in [2.05, 4.69) is 29.3 Å². The molecule has 1 saturated heterocycles. The van der Waals surface area contributed by atoms with Crippen LogP contribution in [0.4, 0.5) is 5.69 Å². The molecule has 0 spiro atoms. The number of ether oxygens (including phenoxy) is 1. The van der Waals surface area contributed by atoms with Gasteiger partial charge in [-0.1, -0.05) is 19.1 Å². The zero-order valence-electron chi connectivity index (χ0n) is 15.1. The first-order valence-electron chi connectivity index (χ1n) is 8.44. The Balaban J connectivity index is 0.00000288. The van der Waals surface area contributed by atoms with Crippen LogP contribution >= 0.6 is 24.8 Å². The number of nitrogens with one attached hydrogen (secondary N) is 1. The molecule has 0 saturated carbocycles. The maximum absolute atomic E-state index is 11.9. The highest BCUT2D eigenvalue weighted by atomic mass is 35.5. The number of halogens is 2. The second-order valence-corrected chi connectivity index (χ2v) is 6.50. The minimum absolute atomic E-state index is 0. The summed E-state index contributed by atoms with van der Waals surface area (Å²) in [6, 6.07) is 8.10. The fourth-order valence-electron chi connectivity index (χ4n) is 2.85. The number of nitrogens with zero attached hydrogens (tertiary/aromatic N) is 1. The van der Waals surface area contributed by atoms with Crippen LogP contribution in [0, 0.1) is 5.92 Å². The van der Waals surface area contributed by atoms with E-state index in [1.54, 1.807) is 7.11 Å². The Morgan fingerprint density at radius 3 is 2.40 bits per heavy atom. The Kier molecular flexibility index (Phi) is 12.1. The molecule has 2 rings (SSSR count). The van der Waals surface area contributed by atoms with E-state index in [-0.39, 0.29) is 43.2 Å². The molecule has 0 bridgehead atoms. The highest BCUT2D eigenvalue weighted by Crippen LogP contribution is 2.19. The highest BCUT2D eigenvalue weighted by Gasteiger charge is 2.16. The summed E-state index contributed by atoms with van der Waals surface area (Å²) in [6.07, 6.45) is 2.63. The van der Waals surface area contributed by atoms with Gasteiger partial charge in [-0.05, 0) is 49.5 Å². The average Bonchev–Trinajstić information content (AvgIpc) is 2.56. The van der Waals surface area contributed by atoms with Crippen LogP contribution in [0.5, 0.6) is 0 Å². The zero-order valence-corrected chi connectivity index (χ0v) is 16.7. The van der Waals surface area contributed by atoms with Crippen molar-refractivity contribution in [2.45, 2.75) is 38.8 Å². The van der Waals surface area contributed by atoms with Crippen molar-refractivity contribution in [3.63, 3.8) is 0 Å². The van der Waals surface area contributed by atoms with Crippen molar-refractivity contribution < 1.29 is 9.53 Å². The van der Waals surface area contributed by atoms with Crippen molar-refractivity contribution in [3.05, 3.63) is 29.8 Å². The number of nitrogens with two attached hydrogens (primary N) is 1. The molecule has 1 amide bonds. The van der Waals surface area contributed by atoms with E-state index in [4.69, 9.17) is 10.5 Å². The number of likely N-dealkylation sites (tertiary alicyclic amines) is 1. The van der Waals surface area contributed by atoms with E-state index >= 15 is 0 Å². The minimum Gasteiger partial charge on any atom is -0.380 e. The van der Waals surface area contributed by atoms with Crippen LogP contribution in [0.3, 0.4) is 0 Å². The largest absolute Gasteiger partial charge is 0.380 e. The van der Waals surface area contributed by atoms with Gasteiger partial charge in [0.25, 0.3) is 0 Å². The summed E-state index contributed by atoms with van der Waals surface area (Å²) in [4.78, 5) is 14.4. The van der Waals surface area contributed by atoms with Gasteiger partial charge in [-0.3, -0.25) is 9.69 Å². The predicted molar refractivity (Wildman–Crippen MR) is 108 cm³/mol. The predicted octanol–water partition coefficient (Wildman–Crippen LogP) is 3.06. The number of benzene rings is 1. The first-order chi connectivity index (χ1) is 11.1. The third-order valence-electron chi connectivity index (χ3n) is 4.53. The molecular weight excluding hydrogens is 361 g/mol. The van der Waals surface area contributed by atoms with Crippen molar-refractivity contribution in [2.24, 2.45) is 11.7 Å². The van der Waals surface area contributed by atoms with Gasteiger partial charge in [0.15, 0.2) is 0 Å². The van der Waals surface area contributed by atoms with Crippen molar-refractivity contribution in [3.8, 4) is 0 Å². The molecule has 144 valence electrons. The molecule has 1 atom stereocenters. The Morgan fingerprint density at radius 1 is 1.28 bits per heavy atom. The number of carbonyl (C=O) groups is 1. The van der Waals surface area contributed by atoms with Crippen molar-refractivity contribution in [1.82, 2.24) is 4.90 Å². The summed E-state index contributed by atoms with van der Waals surface area (Å²) in [6.45, 7) is 6.01. The molecule has 0 radical (unpaired) electrons. The number of hydrogen-bond acceptors (Lipinski definition) is 4. The SMILES string of the molecule is COC(CN)CC(=O)Nc1ccc(CN2CCC(C)CC2)cc1.Cl.Cl. The lowest BCUT2D eigenvalue weighted by atomic mass is 9.99. The number of carbonyl (C=O) groups excluding carboxylic acids is 1. The molecule has 1 aromatic rings. The van der Waals surface area contributed by atoms with Gasteiger partial charge in [0.2, 0.25) is 5.91 Å². The smallest absolute Gasteiger partial charge is 0.227 e. The molecule has 0 aromatic heterocycles. The molecule has 1 unspecified atom stereocenters. The molecule has 1 heterocycles. The van der Waals surface area contributed by atoms with Crippen LogP contribution < -0.4 is 11.1 Å². The number of amides is 1. The van der Waals surface area contributed by atoms with Gasteiger partial charge in [-0.2, -0.15) is 0 Å². The number of hydrogen-bond donors (Lipinski definition) is 2. The van der Waals surface area contributed by atoms with Crippen molar-refractivity contribution in [2.75, 3.05) is 32.1 Å². The number of methoxy groups -OCH3 is 1. The summed E-state index contributed by atoms with van der Waals surface area (Å²) >= 11 is 0. The average molecular weight is 392 g/mol. The van der Waals surface area contributed by atoms with Gasteiger partial charge < -0.3 is 15.8 Å². The van der Waals surface area contributed by atoms with E-state index in [0.29, 0.717) is 6.54 Å². The molecule has 1 aliphatic heterocycles. The van der Waals surface area contributed by atoms with Gasteiger partial charge in [-0.25, -0.2) is 0 Å². The van der Waals surface area contributed by atoms with Gasteiger partial charge in [0.05, 0.1) is 12.5 Å². The van der Waals surface area contributed by atoms with Gasteiger partial charge >= 0.3 is 0 Å². The first kappa shape index (κ1) is 24.1. The van der Waals surface area contributed by atoms with Crippen LogP contribution in [-0.2, 0) is 16.1 Å². The van der Waals surface area contributed by atoms with Gasteiger partial charge in [0.1, 0.15) is 0 Å². The lowest BCUT2D eigenvalue weighted by Crippen LogP contribution is -2.32. The summed E-state index contributed by atoms with van der Waals surface area (Å²) in [7, 11) is 1.57. The maximum Gasteiger partial charge on any atom is 0.227 e. The molecule has 25 heavy (non-hydrogen) atoms. The lowest BCUT2D eigenvalue weighted by molar-refractivity contribution is -0.118. The Hall–Kier alpha value is -0.850. The number of rotatable bonds is 7.